The van der Waals surface area contributed by atoms with Crippen molar-refractivity contribution in [3.63, 3.8) is 0 Å². The molecule has 1 aliphatic carbocycles. The first-order valence-corrected chi connectivity index (χ1v) is 14.0. The van der Waals surface area contributed by atoms with Crippen LogP contribution in [0.3, 0.4) is 0 Å². The molecule has 0 bridgehead atoms. The number of aliphatic hydroxyl groups is 1. The molecule has 6 nitrogen and oxygen atoms in total. The van der Waals surface area contributed by atoms with Crippen LogP contribution < -0.4 is 0 Å². The zero-order valence-electron chi connectivity index (χ0n) is 17.6. The van der Waals surface area contributed by atoms with Crippen molar-refractivity contribution in [2.24, 2.45) is 5.92 Å². The fourth-order valence-electron chi connectivity index (χ4n) is 4.73. The second kappa shape index (κ2) is 8.88. The number of sulfonamides is 1. The van der Waals surface area contributed by atoms with Gasteiger partial charge in [-0.3, -0.25) is 0 Å². The van der Waals surface area contributed by atoms with E-state index >= 15 is 0 Å². The van der Waals surface area contributed by atoms with Crippen molar-refractivity contribution in [2.75, 3.05) is 18.8 Å². The number of rotatable bonds is 6. The maximum Gasteiger partial charge on any atom is 0.214 e. The van der Waals surface area contributed by atoms with Crippen LogP contribution in [0.5, 0.6) is 0 Å². The molecule has 4 rings (SSSR count). The van der Waals surface area contributed by atoms with Gasteiger partial charge in [0.1, 0.15) is 16.4 Å². The third kappa shape index (κ3) is 4.55. The van der Waals surface area contributed by atoms with E-state index in [1.807, 2.05) is 0 Å². The average molecular weight is 520 g/mol. The first kappa shape index (κ1) is 24.5. The zero-order valence-corrected chi connectivity index (χ0v) is 20.0. The van der Waals surface area contributed by atoms with Crippen LogP contribution in [0.1, 0.15) is 31.2 Å². The Hall–Kier alpha value is -1.59. The van der Waals surface area contributed by atoms with Gasteiger partial charge in [0, 0.05) is 23.7 Å². The molecule has 1 heterocycles. The molecule has 0 aromatic heterocycles. The van der Waals surface area contributed by atoms with Gasteiger partial charge in [0.25, 0.3) is 0 Å². The molecular weight excluding hydrogens is 496 g/mol. The molecule has 2 aromatic rings. The largest absolute Gasteiger partial charge is 0.390 e. The Morgan fingerprint density at radius 2 is 1.61 bits per heavy atom. The summed E-state index contributed by atoms with van der Waals surface area (Å²) in [6, 6.07) is 8.27. The molecule has 0 spiro atoms. The number of sulfone groups is 1. The average Bonchev–Trinajstić information content (AvgIpc) is 2.74. The van der Waals surface area contributed by atoms with Crippen LogP contribution >= 0.6 is 11.6 Å². The molecule has 0 radical (unpaired) electrons. The number of benzene rings is 2. The standard InChI is InChI=1S/C22H24ClF2NO5S2/c23-16-1-4-19(5-2-16)33(30,31)22(20-11-17(24)3-6-21(20)25)9-7-15(8-10-22)14-32(28,29)26-12-18(27)13-26/h1-6,11,15,18,27H,7-10,12-14H2. The highest BCUT2D eigenvalue weighted by atomic mass is 35.5. The van der Waals surface area contributed by atoms with Crippen LogP contribution in [-0.4, -0.2) is 51.2 Å². The van der Waals surface area contributed by atoms with Gasteiger partial charge in [0.2, 0.25) is 10.0 Å². The van der Waals surface area contributed by atoms with Gasteiger partial charge >= 0.3 is 0 Å². The molecule has 1 aliphatic heterocycles. The Balaban J connectivity index is 1.67. The lowest BCUT2D eigenvalue weighted by Gasteiger charge is -2.41. The number of β-amino-alcohol motifs (C(OH)–C–C–N with tert-alkyl or cyclic N) is 1. The van der Waals surface area contributed by atoms with E-state index < -0.39 is 42.3 Å². The second-order valence-corrected chi connectivity index (χ2v) is 13.5. The van der Waals surface area contributed by atoms with E-state index in [-0.39, 0.29) is 60.9 Å². The predicted molar refractivity (Wildman–Crippen MR) is 120 cm³/mol. The Morgan fingerprint density at radius 1 is 1.00 bits per heavy atom. The van der Waals surface area contributed by atoms with Gasteiger partial charge in [0.15, 0.2) is 9.84 Å². The number of hydrogen-bond donors (Lipinski definition) is 1. The van der Waals surface area contributed by atoms with Crippen LogP contribution in [-0.2, 0) is 24.6 Å². The minimum Gasteiger partial charge on any atom is -0.390 e. The Bertz CT molecular complexity index is 1240. The maximum atomic E-state index is 14.9. The first-order chi connectivity index (χ1) is 15.4. The van der Waals surface area contributed by atoms with Gasteiger partial charge in [-0.05, 0) is 74.1 Å². The van der Waals surface area contributed by atoms with E-state index in [0.717, 1.165) is 18.2 Å². The molecule has 1 saturated heterocycles. The molecule has 2 fully saturated rings. The van der Waals surface area contributed by atoms with Crippen molar-refractivity contribution in [3.8, 4) is 0 Å². The van der Waals surface area contributed by atoms with E-state index in [9.17, 15) is 30.7 Å². The summed E-state index contributed by atoms with van der Waals surface area (Å²) in [5.74, 6) is -2.09. The van der Waals surface area contributed by atoms with Gasteiger partial charge in [0.05, 0.1) is 16.8 Å². The Kier molecular flexibility index (Phi) is 6.60. The maximum absolute atomic E-state index is 14.9. The third-order valence-corrected chi connectivity index (χ3v) is 11.4. The van der Waals surface area contributed by atoms with Crippen molar-refractivity contribution < 1.29 is 30.7 Å². The van der Waals surface area contributed by atoms with Crippen molar-refractivity contribution >= 4 is 31.5 Å². The number of nitrogens with zero attached hydrogens (tertiary/aromatic N) is 1. The molecule has 1 saturated carbocycles. The van der Waals surface area contributed by atoms with Crippen molar-refractivity contribution in [1.29, 1.82) is 0 Å². The quantitative estimate of drug-likeness (QED) is 0.631. The van der Waals surface area contributed by atoms with Crippen molar-refractivity contribution in [3.05, 3.63) is 64.7 Å². The highest BCUT2D eigenvalue weighted by molar-refractivity contribution is 7.92. The SMILES string of the molecule is O=S(=O)(CC1CCC(c2cc(F)ccc2F)(S(=O)(=O)c2ccc(Cl)cc2)CC1)N1CC(O)C1. The summed E-state index contributed by atoms with van der Waals surface area (Å²) in [7, 11) is -7.77. The monoisotopic (exact) mass is 519 g/mol. The number of halogens is 3. The van der Waals surface area contributed by atoms with Crippen molar-refractivity contribution in [1.82, 2.24) is 4.31 Å². The zero-order chi connectivity index (χ0) is 24.0. The molecule has 0 atom stereocenters. The van der Waals surface area contributed by atoms with E-state index in [4.69, 9.17) is 11.6 Å². The van der Waals surface area contributed by atoms with Crippen LogP contribution in [0.15, 0.2) is 47.4 Å². The molecule has 11 heteroatoms. The number of hydrogen-bond acceptors (Lipinski definition) is 5. The fourth-order valence-corrected chi connectivity index (χ4v) is 8.96. The number of aliphatic hydroxyl groups excluding tert-OH is 1. The molecule has 0 amide bonds. The summed E-state index contributed by atoms with van der Waals surface area (Å²) >= 11 is 5.90. The van der Waals surface area contributed by atoms with Gasteiger partial charge in [-0.2, -0.15) is 4.31 Å². The molecular formula is C22H24ClF2NO5S2. The van der Waals surface area contributed by atoms with Crippen LogP contribution in [0.2, 0.25) is 5.02 Å². The molecule has 0 unspecified atom stereocenters. The summed E-state index contributed by atoms with van der Waals surface area (Å²) < 4.78 is 81.2. The van der Waals surface area contributed by atoms with Gasteiger partial charge < -0.3 is 5.11 Å². The highest BCUT2D eigenvalue weighted by Crippen LogP contribution is 2.49. The topological polar surface area (TPSA) is 91.8 Å². The van der Waals surface area contributed by atoms with Gasteiger partial charge in [-0.25, -0.2) is 25.6 Å². The van der Waals surface area contributed by atoms with E-state index in [2.05, 4.69) is 0 Å². The van der Waals surface area contributed by atoms with Crippen LogP contribution in [0, 0.1) is 17.6 Å². The molecule has 2 aliphatic rings. The Morgan fingerprint density at radius 3 is 2.18 bits per heavy atom. The molecule has 1 N–H and O–H groups in total. The summed E-state index contributed by atoms with van der Waals surface area (Å²) in [5.41, 5.74) is -0.246. The molecule has 180 valence electrons. The minimum atomic E-state index is -4.18. The fraction of sp³-hybridized carbons (Fsp3) is 0.455. The summed E-state index contributed by atoms with van der Waals surface area (Å²) in [6.45, 7) is 0.108. The minimum absolute atomic E-state index is 0.0540. The molecule has 33 heavy (non-hydrogen) atoms. The second-order valence-electron chi connectivity index (χ2n) is 8.77. The lowest BCUT2D eigenvalue weighted by molar-refractivity contribution is 0.0544. The highest BCUT2D eigenvalue weighted by Gasteiger charge is 2.50. The summed E-state index contributed by atoms with van der Waals surface area (Å²) in [6.07, 6.45) is -0.363. The van der Waals surface area contributed by atoms with E-state index in [1.54, 1.807) is 0 Å². The van der Waals surface area contributed by atoms with E-state index in [1.165, 1.54) is 28.6 Å². The molecule has 2 aromatic carbocycles. The first-order valence-electron chi connectivity index (χ1n) is 10.6. The van der Waals surface area contributed by atoms with Crippen LogP contribution in [0.4, 0.5) is 8.78 Å². The third-order valence-electron chi connectivity index (χ3n) is 6.64. The smallest absolute Gasteiger partial charge is 0.214 e. The lowest BCUT2D eigenvalue weighted by Crippen LogP contribution is -2.54. The van der Waals surface area contributed by atoms with Crippen molar-refractivity contribution in [2.45, 2.75) is 41.4 Å². The predicted octanol–water partition coefficient (Wildman–Crippen LogP) is 3.48. The van der Waals surface area contributed by atoms with Gasteiger partial charge in [-0.1, -0.05) is 11.6 Å². The van der Waals surface area contributed by atoms with Gasteiger partial charge in [-0.15, -0.1) is 0 Å². The Labute approximate surface area is 197 Å². The van der Waals surface area contributed by atoms with E-state index in [0.29, 0.717) is 5.02 Å². The lowest BCUT2D eigenvalue weighted by atomic mass is 9.78. The normalized spacial score (nSPS) is 25.0. The summed E-state index contributed by atoms with van der Waals surface area (Å²) in [5, 5.41) is 9.74. The summed E-state index contributed by atoms with van der Waals surface area (Å²) in [4.78, 5) is -0.0591. The van der Waals surface area contributed by atoms with Crippen LogP contribution in [0.25, 0.3) is 0 Å².